The number of methoxy groups -OCH3 is 1. The molecule has 0 saturated heterocycles. The number of hydrogen-bond donors (Lipinski definition) is 1. The maximum absolute atomic E-state index is 13.6. The minimum absolute atomic E-state index is 0.101. The smallest absolute Gasteiger partial charge is 0.311 e. The Kier molecular flexibility index (Phi) is 2.40. The molecule has 1 N–H and O–H groups in total. The number of aromatic amines is 1. The SMILES string of the molecule is COc1nc2ccc(C=O)c(F)c2[nH]c1=O. The van der Waals surface area contributed by atoms with E-state index in [-0.39, 0.29) is 22.5 Å². The van der Waals surface area contributed by atoms with Crippen LogP contribution in [0.4, 0.5) is 4.39 Å². The number of rotatable bonds is 2. The molecule has 2 aromatic rings. The van der Waals surface area contributed by atoms with Gasteiger partial charge >= 0.3 is 5.56 Å². The number of nitrogens with zero attached hydrogens (tertiary/aromatic N) is 1. The number of aldehydes is 1. The van der Waals surface area contributed by atoms with Crippen LogP contribution < -0.4 is 10.3 Å². The first kappa shape index (κ1) is 10.3. The summed E-state index contributed by atoms with van der Waals surface area (Å²) in [6.07, 6.45) is 0.372. The van der Waals surface area contributed by atoms with Gasteiger partial charge in [0.2, 0.25) is 0 Å². The number of H-pyrrole nitrogens is 1. The molecule has 0 radical (unpaired) electrons. The van der Waals surface area contributed by atoms with E-state index in [2.05, 4.69) is 9.97 Å². The predicted octanol–water partition coefficient (Wildman–Crippen LogP) is 0.883. The minimum Gasteiger partial charge on any atom is -0.477 e. The first-order valence-electron chi connectivity index (χ1n) is 4.39. The van der Waals surface area contributed by atoms with Crippen molar-refractivity contribution in [2.45, 2.75) is 0 Å². The monoisotopic (exact) mass is 222 g/mol. The summed E-state index contributed by atoms with van der Waals surface area (Å²) in [6.45, 7) is 0. The van der Waals surface area contributed by atoms with E-state index >= 15 is 0 Å². The zero-order valence-corrected chi connectivity index (χ0v) is 8.28. The molecule has 0 saturated carbocycles. The molecule has 0 spiro atoms. The molecule has 0 amide bonds. The molecule has 1 aromatic heterocycles. The molecule has 0 aliphatic rings. The lowest BCUT2D eigenvalue weighted by Crippen LogP contribution is -2.12. The highest BCUT2D eigenvalue weighted by molar-refractivity contribution is 5.85. The number of ether oxygens (including phenoxy) is 1. The normalized spacial score (nSPS) is 10.4. The molecule has 16 heavy (non-hydrogen) atoms. The molecule has 0 fully saturated rings. The number of fused-ring (bicyclic) bond motifs is 1. The van der Waals surface area contributed by atoms with Crippen LogP contribution in [-0.2, 0) is 0 Å². The summed E-state index contributed by atoms with van der Waals surface area (Å²) in [7, 11) is 1.29. The fourth-order valence-electron chi connectivity index (χ4n) is 1.35. The van der Waals surface area contributed by atoms with Crippen molar-refractivity contribution in [3.05, 3.63) is 33.9 Å². The Hall–Kier alpha value is -2.24. The lowest BCUT2D eigenvalue weighted by atomic mass is 10.2. The van der Waals surface area contributed by atoms with Gasteiger partial charge in [-0.2, -0.15) is 0 Å². The second kappa shape index (κ2) is 3.73. The first-order valence-corrected chi connectivity index (χ1v) is 4.39. The van der Waals surface area contributed by atoms with Crippen molar-refractivity contribution in [1.29, 1.82) is 0 Å². The second-order valence-corrected chi connectivity index (χ2v) is 3.06. The van der Waals surface area contributed by atoms with E-state index in [1.165, 1.54) is 19.2 Å². The number of benzene rings is 1. The minimum atomic E-state index is -0.792. The summed E-state index contributed by atoms with van der Waals surface area (Å²) in [4.78, 5) is 27.9. The van der Waals surface area contributed by atoms with Gasteiger partial charge < -0.3 is 9.72 Å². The van der Waals surface area contributed by atoms with Gasteiger partial charge in [-0.1, -0.05) is 0 Å². The molecule has 1 heterocycles. The molecule has 1 aromatic carbocycles. The molecule has 0 atom stereocenters. The van der Waals surface area contributed by atoms with Crippen LogP contribution in [0, 0.1) is 5.82 Å². The van der Waals surface area contributed by atoms with Crippen LogP contribution in [0.5, 0.6) is 5.88 Å². The molecule has 0 bridgehead atoms. The summed E-state index contributed by atoms with van der Waals surface area (Å²) in [5.74, 6) is -0.939. The third-order valence-corrected chi connectivity index (χ3v) is 2.12. The Morgan fingerprint density at radius 3 is 2.88 bits per heavy atom. The van der Waals surface area contributed by atoms with E-state index in [0.29, 0.717) is 6.29 Å². The van der Waals surface area contributed by atoms with E-state index in [9.17, 15) is 14.0 Å². The van der Waals surface area contributed by atoms with Gasteiger partial charge in [0.1, 0.15) is 5.52 Å². The molecular formula is C10H7FN2O3. The van der Waals surface area contributed by atoms with Crippen molar-refractivity contribution >= 4 is 17.3 Å². The fourth-order valence-corrected chi connectivity index (χ4v) is 1.35. The Labute approximate surface area is 88.9 Å². The number of carbonyl (C=O) groups is 1. The summed E-state index contributed by atoms with van der Waals surface area (Å²) >= 11 is 0. The molecule has 2 rings (SSSR count). The third-order valence-electron chi connectivity index (χ3n) is 2.12. The van der Waals surface area contributed by atoms with E-state index in [1.807, 2.05) is 0 Å². The van der Waals surface area contributed by atoms with E-state index < -0.39 is 11.4 Å². The van der Waals surface area contributed by atoms with Crippen molar-refractivity contribution < 1.29 is 13.9 Å². The lowest BCUT2D eigenvalue weighted by molar-refractivity contribution is 0.112. The van der Waals surface area contributed by atoms with Crippen molar-refractivity contribution in [3.8, 4) is 5.88 Å². The summed E-state index contributed by atoms with van der Waals surface area (Å²) in [5.41, 5.74) is -0.651. The number of halogens is 1. The summed E-state index contributed by atoms with van der Waals surface area (Å²) in [6, 6.07) is 2.72. The van der Waals surface area contributed by atoms with Gasteiger partial charge in [-0.3, -0.25) is 9.59 Å². The average Bonchev–Trinajstić information content (AvgIpc) is 2.30. The largest absolute Gasteiger partial charge is 0.477 e. The van der Waals surface area contributed by atoms with Gasteiger partial charge in [-0.05, 0) is 12.1 Å². The molecule has 0 unspecified atom stereocenters. The quantitative estimate of drug-likeness (QED) is 0.765. The van der Waals surface area contributed by atoms with Gasteiger partial charge in [0, 0.05) is 0 Å². The lowest BCUT2D eigenvalue weighted by Gasteiger charge is -2.02. The van der Waals surface area contributed by atoms with E-state index in [4.69, 9.17) is 4.74 Å². The van der Waals surface area contributed by atoms with Crippen LogP contribution in [0.25, 0.3) is 11.0 Å². The number of hydrogen-bond acceptors (Lipinski definition) is 4. The van der Waals surface area contributed by atoms with Crippen molar-refractivity contribution in [2.75, 3.05) is 7.11 Å². The maximum Gasteiger partial charge on any atom is 0.311 e. The van der Waals surface area contributed by atoms with Crippen LogP contribution in [0.2, 0.25) is 0 Å². The van der Waals surface area contributed by atoms with Gasteiger partial charge in [0.25, 0.3) is 5.88 Å². The Morgan fingerprint density at radius 1 is 1.50 bits per heavy atom. The van der Waals surface area contributed by atoms with Gasteiger partial charge in [-0.15, -0.1) is 0 Å². The highest BCUT2D eigenvalue weighted by Gasteiger charge is 2.11. The molecule has 0 aliphatic carbocycles. The van der Waals surface area contributed by atoms with Gasteiger partial charge in [0.05, 0.1) is 18.2 Å². The highest BCUT2D eigenvalue weighted by Crippen LogP contribution is 2.16. The van der Waals surface area contributed by atoms with Crippen LogP contribution in [-0.4, -0.2) is 23.4 Å². The summed E-state index contributed by atoms with van der Waals surface area (Å²) < 4.78 is 18.3. The number of aromatic nitrogens is 2. The van der Waals surface area contributed by atoms with Crippen LogP contribution >= 0.6 is 0 Å². The van der Waals surface area contributed by atoms with Crippen molar-refractivity contribution in [1.82, 2.24) is 9.97 Å². The average molecular weight is 222 g/mol. The highest BCUT2D eigenvalue weighted by atomic mass is 19.1. The van der Waals surface area contributed by atoms with Crippen molar-refractivity contribution in [2.24, 2.45) is 0 Å². The van der Waals surface area contributed by atoms with Crippen molar-refractivity contribution in [3.63, 3.8) is 0 Å². The molecule has 5 nitrogen and oxygen atoms in total. The molecule has 6 heteroatoms. The standard InChI is InChI=1S/C10H7FN2O3/c1-16-10-9(15)13-8-6(12-10)3-2-5(4-14)7(8)11/h2-4H,1H3,(H,13,15). The fraction of sp³-hybridized carbons (Fsp3) is 0.100. The number of carbonyl (C=O) groups excluding carboxylic acids is 1. The first-order chi connectivity index (χ1) is 7.67. The molecule has 82 valence electrons. The second-order valence-electron chi connectivity index (χ2n) is 3.06. The van der Waals surface area contributed by atoms with Crippen LogP contribution in [0.1, 0.15) is 10.4 Å². The Balaban J connectivity index is 2.86. The number of nitrogens with one attached hydrogen (secondary N) is 1. The van der Waals surface area contributed by atoms with E-state index in [1.54, 1.807) is 0 Å². The molecule has 0 aliphatic heterocycles. The maximum atomic E-state index is 13.6. The zero-order chi connectivity index (χ0) is 11.7. The van der Waals surface area contributed by atoms with Gasteiger partial charge in [0.15, 0.2) is 12.1 Å². The third kappa shape index (κ3) is 1.44. The van der Waals surface area contributed by atoms with E-state index in [0.717, 1.165) is 0 Å². The van der Waals surface area contributed by atoms with Crippen LogP contribution in [0.3, 0.4) is 0 Å². The topological polar surface area (TPSA) is 72.0 Å². The predicted molar refractivity (Wildman–Crippen MR) is 54.3 cm³/mol. The van der Waals surface area contributed by atoms with Crippen LogP contribution in [0.15, 0.2) is 16.9 Å². The molecular weight excluding hydrogens is 215 g/mol. The zero-order valence-electron chi connectivity index (χ0n) is 8.28. The van der Waals surface area contributed by atoms with Gasteiger partial charge in [-0.25, -0.2) is 9.37 Å². The Morgan fingerprint density at radius 2 is 2.25 bits per heavy atom. The Bertz CT molecular complexity index is 621. The summed E-state index contributed by atoms with van der Waals surface area (Å²) in [5, 5.41) is 0.